The lowest BCUT2D eigenvalue weighted by atomic mass is 10.1. The highest BCUT2D eigenvalue weighted by molar-refractivity contribution is 7.90. The summed E-state index contributed by atoms with van der Waals surface area (Å²) in [6.07, 6.45) is 8.07. The molecule has 0 saturated carbocycles. The molecule has 1 fully saturated rings. The molecule has 3 aromatic rings. The molecule has 1 amide bonds. The summed E-state index contributed by atoms with van der Waals surface area (Å²) >= 11 is 0. The Bertz CT molecular complexity index is 1410. The van der Waals surface area contributed by atoms with E-state index in [1.165, 1.54) is 6.26 Å². The van der Waals surface area contributed by atoms with Crippen LogP contribution < -0.4 is 4.90 Å². The summed E-state index contributed by atoms with van der Waals surface area (Å²) in [5, 5.41) is 0.964. The van der Waals surface area contributed by atoms with Crippen LogP contribution in [0.25, 0.3) is 11.0 Å². The molecule has 9 nitrogen and oxygen atoms in total. The molecule has 5 rings (SSSR count). The number of aromatic nitrogens is 3. The Hall–Kier alpha value is -3.14. The maximum absolute atomic E-state index is 12.6. The second kappa shape index (κ2) is 9.06. The van der Waals surface area contributed by atoms with Crippen LogP contribution in [0.1, 0.15) is 51.6 Å². The number of rotatable bonds is 3. The molecular formula is C26H33N5O4S. The SMILES string of the molecule is CC(C)(C)OC(=O)N1CCCC(n2ccc3c(N4CCc5cc(S(C)(=O)=O)ccc54)ncnc32)CC1. The molecule has 2 aliphatic rings. The van der Waals surface area contributed by atoms with E-state index in [0.29, 0.717) is 18.0 Å². The zero-order chi connectivity index (χ0) is 25.7. The van der Waals surface area contributed by atoms with Gasteiger partial charge in [-0.05, 0) is 76.3 Å². The van der Waals surface area contributed by atoms with Crippen molar-refractivity contribution in [2.45, 2.75) is 63.0 Å². The third-order valence-corrected chi connectivity index (χ3v) is 7.97. The Labute approximate surface area is 212 Å². The molecule has 0 bridgehead atoms. The average Bonchev–Trinajstić information content (AvgIpc) is 3.34. The number of hydrogen-bond acceptors (Lipinski definition) is 7. The molecule has 1 atom stereocenters. The normalized spacial score (nSPS) is 18.8. The molecule has 10 heteroatoms. The first kappa shape index (κ1) is 24.5. The van der Waals surface area contributed by atoms with E-state index in [0.717, 1.165) is 60.3 Å². The van der Waals surface area contributed by atoms with Crippen LogP contribution in [-0.4, -0.2) is 65.4 Å². The van der Waals surface area contributed by atoms with Gasteiger partial charge in [0.15, 0.2) is 9.84 Å². The number of nitrogens with zero attached hydrogens (tertiary/aromatic N) is 5. The van der Waals surface area contributed by atoms with Crippen LogP contribution in [0.5, 0.6) is 0 Å². The predicted molar refractivity (Wildman–Crippen MR) is 138 cm³/mol. The molecule has 1 unspecified atom stereocenters. The Morgan fingerprint density at radius 3 is 2.64 bits per heavy atom. The zero-order valence-electron chi connectivity index (χ0n) is 21.3. The quantitative estimate of drug-likeness (QED) is 0.511. The molecule has 36 heavy (non-hydrogen) atoms. The van der Waals surface area contributed by atoms with Gasteiger partial charge in [0.05, 0.1) is 10.3 Å². The lowest BCUT2D eigenvalue weighted by Gasteiger charge is -2.26. The van der Waals surface area contributed by atoms with Crippen LogP contribution in [-0.2, 0) is 21.0 Å². The number of carbonyl (C=O) groups excluding carboxylic acids is 1. The van der Waals surface area contributed by atoms with Gasteiger partial charge >= 0.3 is 6.09 Å². The highest BCUT2D eigenvalue weighted by Crippen LogP contribution is 2.38. The molecule has 192 valence electrons. The van der Waals surface area contributed by atoms with Crippen molar-refractivity contribution in [2.24, 2.45) is 0 Å². The van der Waals surface area contributed by atoms with Crippen LogP contribution in [0.4, 0.5) is 16.3 Å². The molecule has 0 aliphatic carbocycles. The average molecular weight is 512 g/mol. The maximum atomic E-state index is 12.6. The van der Waals surface area contributed by atoms with Crippen molar-refractivity contribution in [3.8, 4) is 0 Å². The molecule has 1 aromatic carbocycles. The van der Waals surface area contributed by atoms with E-state index in [1.54, 1.807) is 18.5 Å². The number of anilines is 2. The molecule has 0 radical (unpaired) electrons. The summed E-state index contributed by atoms with van der Waals surface area (Å²) in [7, 11) is -3.25. The lowest BCUT2D eigenvalue weighted by molar-refractivity contribution is 0.0255. The standard InChI is InChI=1S/C26H33N5O4S/c1-26(2,3)35-25(32)29-12-5-6-19(10-13-29)30-15-11-21-23(30)27-17-28-24(21)31-14-9-18-16-20(36(4,33)34)7-8-22(18)31/h7-8,11,15-17,19H,5-6,9-10,12-14H2,1-4H3. The summed E-state index contributed by atoms with van der Waals surface area (Å²) in [6.45, 7) is 7.72. The van der Waals surface area contributed by atoms with E-state index < -0.39 is 15.4 Å². The minimum atomic E-state index is -3.25. The second-order valence-corrected chi connectivity index (χ2v) is 12.7. The van der Waals surface area contributed by atoms with Crippen LogP contribution in [0, 0.1) is 0 Å². The highest BCUT2D eigenvalue weighted by atomic mass is 32.2. The topological polar surface area (TPSA) is 97.6 Å². The van der Waals surface area contributed by atoms with Gasteiger partial charge in [0, 0.05) is 43.8 Å². The highest BCUT2D eigenvalue weighted by Gasteiger charge is 2.28. The number of sulfone groups is 1. The van der Waals surface area contributed by atoms with E-state index in [-0.39, 0.29) is 12.1 Å². The number of ether oxygens (including phenoxy) is 1. The number of amides is 1. The monoisotopic (exact) mass is 511 g/mol. The molecule has 0 spiro atoms. The van der Waals surface area contributed by atoms with Crippen molar-refractivity contribution < 1.29 is 17.9 Å². The number of carbonyl (C=O) groups is 1. The van der Waals surface area contributed by atoms with Gasteiger partial charge in [0.2, 0.25) is 0 Å². The Morgan fingerprint density at radius 2 is 1.89 bits per heavy atom. The molecule has 2 aliphatic heterocycles. The minimum absolute atomic E-state index is 0.223. The Balaban J connectivity index is 1.39. The number of benzene rings is 1. The zero-order valence-corrected chi connectivity index (χ0v) is 22.1. The summed E-state index contributed by atoms with van der Waals surface area (Å²) in [4.78, 5) is 26.1. The fourth-order valence-corrected chi connectivity index (χ4v) is 5.83. The number of hydrogen-bond donors (Lipinski definition) is 0. The summed E-state index contributed by atoms with van der Waals surface area (Å²) < 4.78 is 31.8. The molecule has 4 heterocycles. The van der Waals surface area contributed by atoms with Crippen LogP contribution >= 0.6 is 0 Å². The Morgan fingerprint density at radius 1 is 1.08 bits per heavy atom. The fourth-order valence-electron chi connectivity index (χ4n) is 5.16. The van der Waals surface area contributed by atoms with Gasteiger partial charge in [0.25, 0.3) is 0 Å². The number of likely N-dealkylation sites (tertiary alicyclic amines) is 1. The van der Waals surface area contributed by atoms with Crippen LogP contribution in [0.2, 0.25) is 0 Å². The summed E-state index contributed by atoms with van der Waals surface area (Å²) in [6, 6.07) is 7.60. The van der Waals surface area contributed by atoms with Gasteiger partial charge in [-0.3, -0.25) is 0 Å². The first-order valence-corrected chi connectivity index (χ1v) is 14.3. The van der Waals surface area contributed by atoms with Crippen LogP contribution in [0.3, 0.4) is 0 Å². The van der Waals surface area contributed by atoms with Crippen molar-refractivity contribution in [1.82, 2.24) is 19.4 Å². The number of fused-ring (bicyclic) bond motifs is 2. The molecule has 1 saturated heterocycles. The van der Waals surface area contributed by atoms with Crippen molar-refractivity contribution in [2.75, 3.05) is 30.8 Å². The largest absolute Gasteiger partial charge is 0.444 e. The Kier molecular flexibility index (Phi) is 6.18. The summed E-state index contributed by atoms with van der Waals surface area (Å²) in [5.41, 5.74) is 2.36. The van der Waals surface area contributed by atoms with Gasteiger partial charge in [0.1, 0.15) is 23.4 Å². The summed E-state index contributed by atoms with van der Waals surface area (Å²) in [5.74, 6) is 0.827. The van der Waals surface area contributed by atoms with Crippen molar-refractivity contribution in [1.29, 1.82) is 0 Å². The first-order valence-electron chi connectivity index (χ1n) is 12.4. The predicted octanol–water partition coefficient (Wildman–Crippen LogP) is 4.49. The van der Waals surface area contributed by atoms with E-state index in [2.05, 4.69) is 31.7 Å². The van der Waals surface area contributed by atoms with E-state index in [1.807, 2.05) is 31.7 Å². The smallest absolute Gasteiger partial charge is 0.410 e. The molecule has 0 N–H and O–H groups in total. The fraction of sp³-hybridized carbons (Fsp3) is 0.500. The van der Waals surface area contributed by atoms with Gasteiger partial charge in [-0.2, -0.15) is 0 Å². The molecular weight excluding hydrogens is 478 g/mol. The van der Waals surface area contributed by atoms with E-state index >= 15 is 0 Å². The van der Waals surface area contributed by atoms with Gasteiger partial charge in [-0.1, -0.05) is 0 Å². The van der Waals surface area contributed by atoms with Crippen molar-refractivity contribution >= 4 is 38.5 Å². The molecule has 2 aromatic heterocycles. The second-order valence-electron chi connectivity index (χ2n) is 10.7. The lowest BCUT2D eigenvalue weighted by Crippen LogP contribution is -2.37. The third kappa shape index (κ3) is 4.78. The van der Waals surface area contributed by atoms with Crippen molar-refractivity contribution in [3.63, 3.8) is 0 Å². The van der Waals surface area contributed by atoms with Crippen molar-refractivity contribution in [3.05, 3.63) is 42.4 Å². The van der Waals surface area contributed by atoms with Gasteiger partial charge < -0.3 is 19.1 Å². The van der Waals surface area contributed by atoms with E-state index in [4.69, 9.17) is 4.74 Å². The first-order chi connectivity index (χ1) is 17.0. The van der Waals surface area contributed by atoms with E-state index in [9.17, 15) is 13.2 Å². The third-order valence-electron chi connectivity index (χ3n) is 6.86. The van der Waals surface area contributed by atoms with Gasteiger partial charge in [-0.25, -0.2) is 23.2 Å². The maximum Gasteiger partial charge on any atom is 0.410 e. The minimum Gasteiger partial charge on any atom is -0.444 e. The van der Waals surface area contributed by atoms with Crippen LogP contribution in [0.15, 0.2) is 41.7 Å². The van der Waals surface area contributed by atoms with Gasteiger partial charge in [-0.15, -0.1) is 0 Å².